The predicted molar refractivity (Wildman–Crippen MR) is 99.1 cm³/mol. The number of hydrogen-bond acceptors (Lipinski definition) is 4. The van der Waals surface area contributed by atoms with E-state index in [0.717, 1.165) is 18.2 Å². The molecule has 3 aromatic rings. The largest absolute Gasteiger partial charge is 0.416 e. The molecule has 1 saturated heterocycles. The number of nitrogens with zero attached hydrogens (tertiary/aromatic N) is 3. The Hall–Kier alpha value is -2.75. The molecule has 0 aliphatic carbocycles. The van der Waals surface area contributed by atoms with Crippen molar-refractivity contribution >= 4 is 32.6 Å². The Balaban J connectivity index is 1.44. The summed E-state index contributed by atoms with van der Waals surface area (Å²) in [6.45, 7) is 1.53. The van der Waals surface area contributed by atoms with Crippen LogP contribution in [0.2, 0.25) is 0 Å². The third kappa shape index (κ3) is 3.89. The summed E-state index contributed by atoms with van der Waals surface area (Å²) in [7, 11) is 0. The van der Waals surface area contributed by atoms with E-state index < -0.39 is 23.4 Å². The van der Waals surface area contributed by atoms with Gasteiger partial charge in [-0.25, -0.2) is 13.8 Å². The van der Waals surface area contributed by atoms with Gasteiger partial charge in [0.25, 0.3) is 5.91 Å². The van der Waals surface area contributed by atoms with Gasteiger partial charge < -0.3 is 9.80 Å². The molecule has 0 unspecified atom stereocenters. The molecule has 0 atom stereocenters. The molecule has 2 heterocycles. The molecule has 0 bridgehead atoms. The van der Waals surface area contributed by atoms with Crippen LogP contribution in [0.5, 0.6) is 0 Å². The van der Waals surface area contributed by atoms with Crippen molar-refractivity contribution in [3.63, 3.8) is 0 Å². The molecule has 4 rings (SSSR count). The van der Waals surface area contributed by atoms with E-state index in [9.17, 15) is 26.7 Å². The van der Waals surface area contributed by atoms with E-state index in [0.29, 0.717) is 36.0 Å². The number of benzene rings is 2. The van der Waals surface area contributed by atoms with Crippen LogP contribution < -0.4 is 4.90 Å². The second-order valence-corrected chi connectivity index (χ2v) is 7.59. The lowest BCUT2D eigenvalue weighted by molar-refractivity contribution is -0.137. The summed E-state index contributed by atoms with van der Waals surface area (Å²) in [6.07, 6.45) is -4.45. The van der Waals surface area contributed by atoms with Crippen LogP contribution in [0.3, 0.4) is 0 Å². The lowest BCUT2D eigenvalue weighted by Crippen LogP contribution is -2.48. The summed E-state index contributed by atoms with van der Waals surface area (Å²) < 4.78 is 65.6. The van der Waals surface area contributed by atoms with Crippen molar-refractivity contribution in [1.82, 2.24) is 9.88 Å². The molecule has 1 aliphatic heterocycles. The van der Waals surface area contributed by atoms with Crippen LogP contribution >= 0.6 is 11.3 Å². The Labute approximate surface area is 166 Å². The SMILES string of the molecule is O=C(c1ccc(C(F)(F)F)cc1)N1CCN(c2nc3c(F)cc(F)cc3s2)CC1. The second-order valence-electron chi connectivity index (χ2n) is 6.59. The first-order valence-electron chi connectivity index (χ1n) is 8.69. The van der Waals surface area contributed by atoms with E-state index in [1.165, 1.54) is 29.5 Å². The zero-order chi connectivity index (χ0) is 20.8. The third-order valence-corrected chi connectivity index (χ3v) is 5.76. The van der Waals surface area contributed by atoms with E-state index in [2.05, 4.69) is 4.98 Å². The number of anilines is 1. The maximum absolute atomic E-state index is 13.8. The quantitative estimate of drug-likeness (QED) is 0.563. The number of halogens is 5. The normalized spacial score (nSPS) is 15.2. The van der Waals surface area contributed by atoms with Gasteiger partial charge in [-0.1, -0.05) is 11.3 Å². The van der Waals surface area contributed by atoms with Crippen LogP contribution in [-0.4, -0.2) is 42.0 Å². The molecule has 0 radical (unpaired) electrons. The molecule has 1 aromatic heterocycles. The molecule has 1 fully saturated rings. The average molecular weight is 427 g/mol. The van der Waals surface area contributed by atoms with Gasteiger partial charge in [0.2, 0.25) is 0 Å². The molecule has 152 valence electrons. The number of rotatable bonds is 2. The number of carbonyl (C=O) groups excluding carboxylic acids is 1. The van der Waals surface area contributed by atoms with E-state index in [-0.39, 0.29) is 17.0 Å². The molecule has 4 nitrogen and oxygen atoms in total. The first kappa shape index (κ1) is 19.6. The number of carbonyl (C=O) groups is 1. The molecule has 0 N–H and O–H groups in total. The topological polar surface area (TPSA) is 36.4 Å². The van der Waals surface area contributed by atoms with Crippen LogP contribution in [0.1, 0.15) is 15.9 Å². The molecular formula is C19H14F5N3OS. The summed E-state index contributed by atoms with van der Waals surface area (Å²) in [4.78, 5) is 20.2. The molecule has 1 aliphatic rings. The van der Waals surface area contributed by atoms with E-state index >= 15 is 0 Å². The van der Waals surface area contributed by atoms with Crippen LogP contribution in [0.25, 0.3) is 10.2 Å². The van der Waals surface area contributed by atoms with Gasteiger partial charge in [-0.15, -0.1) is 0 Å². The number of piperazine rings is 1. The smallest absolute Gasteiger partial charge is 0.345 e. The predicted octanol–water partition coefficient (Wildman–Crippen LogP) is 4.56. The zero-order valence-electron chi connectivity index (χ0n) is 14.8. The van der Waals surface area contributed by atoms with Gasteiger partial charge in [0.05, 0.1) is 10.3 Å². The molecule has 1 amide bonds. The highest BCUT2D eigenvalue weighted by Gasteiger charge is 2.31. The number of fused-ring (bicyclic) bond motifs is 1. The molecule has 2 aromatic carbocycles. The van der Waals surface area contributed by atoms with E-state index in [1.54, 1.807) is 4.90 Å². The highest BCUT2D eigenvalue weighted by atomic mass is 32.1. The molecule has 0 saturated carbocycles. The minimum atomic E-state index is -4.45. The number of aromatic nitrogens is 1. The fraction of sp³-hybridized carbons (Fsp3) is 0.263. The van der Waals surface area contributed by atoms with Gasteiger partial charge in [-0.3, -0.25) is 4.79 Å². The van der Waals surface area contributed by atoms with E-state index in [1.807, 2.05) is 4.90 Å². The fourth-order valence-corrected chi connectivity index (χ4v) is 4.22. The number of amides is 1. The maximum Gasteiger partial charge on any atom is 0.416 e. The molecule has 10 heteroatoms. The minimum Gasteiger partial charge on any atom is -0.345 e. The first-order chi connectivity index (χ1) is 13.7. The summed E-state index contributed by atoms with van der Waals surface area (Å²) >= 11 is 1.17. The highest BCUT2D eigenvalue weighted by molar-refractivity contribution is 7.22. The minimum absolute atomic E-state index is 0.106. The molecule has 0 spiro atoms. The molecular weight excluding hydrogens is 413 g/mol. The summed E-state index contributed by atoms with van der Waals surface area (Å²) in [5.41, 5.74) is -0.517. The number of thiazole rings is 1. The van der Waals surface area contributed by atoms with Crippen molar-refractivity contribution < 1.29 is 26.7 Å². The van der Waals surface area contributed by atoms with Crippen molar-refractivity contribution in [3.8, 4) is 0 Å². The zero-order valence-corrected chi connectivity index (χ0v) is 15.7. The Morgan fingerprint density at radius 2 is 1.66 bits per heavy atom. The standard InChI is InChI=1S/C19H14F5N3OS/c20-13-9-14(21)16-15(10-13)29-18(25-16)27-7-5-26(6-8-27)17(28)11-1-3-12(4-2-11)19(22,23)24/h1-4,9-10H,5-8H2. The van der Waals surface area contributed by atoms with Crippen molar-refractivity contribution in [2.75, 3.05) is 31.1 Å². The Morgan fingerprint density at radius 1 is 1.00 bits per heavy atom. The number of hydrogen-bond donors (Lipinski definition) is 0. The van der Waals surface area contributed by atoms with E-state index in [4.69, 9.17) is 0 Å². The Bertz CT molecular complexity index is 1060. The monoisotopic (exact) mass is 427 g/mol. The fourth-order valence-electron chi connectivity index (χ4n) is 3.17. The van der Waals surface area contributed by atoms with Crippen molar-refractivity contribution in [3.05, 3.63) is 59.2 Å². The van der Waals surface area contributed by atoms with Crippen LogP contribution in [0.4, 0.5) is 27.1 Å². The lowest BCUT2D eigenvalue weighted by Gasteiger charge is -2.34. The van der Waals surface area contributed by atoms with Gasteiger partial charge in [-0.05, 0) is 30.3 Å². The summed E-state index contributed by atoms with van der Waals surface area (Å²) in [6, 6.07) is 6.12. The van der Waals surface area contributed by atoms with Gasteiger partial charge in [0, 0.05) is 37.8 Å². The Morgan fingerprint density at radius 3 is 2.28 bits per heavy atom. The summed E-state index contributed by atoms with van der Waals surface area (Å²) in [5.74, 6) is -1.74. The van der Waals surface area contributed by atoms with Crippen LogP contribution in [0, 0.1) is 11.6 Å². The third-order valence-electron chi connectivity index (χ3n) is 4.70. The van der Waals surface area contributed by atoms with Crippen molar-refractivity contribution in [2.24, 2.45) is 0 Å². The first-order valence-corrected chi connectivity index (χ1v) is 9.51. The van der Waals surface area contributed by atoms with Crippen molar-refractivity contribution in [2.45, 2.75) is 6.18 Å². The second kappa shape index (κ2) is 7.25. The number of alkyl halides is 3. The summed E-state index contributed by atoms with van der Waals surface area (Å²) in [5, 5.41) is 0.533. The van der Waals surface area contributed by atoms with Gasteiger partial charge in [0.1, 0.15) is 11.3 Å². The average Bonchev–Trinajstić information content (AvgIpc) is 3.11. The maximum atomic E-state index is 13.8. The van der Waals surface area contributed by atoms with Crippen LogP contribution in [-0.2, 0) is 6.18 Å². The highest BCUT2D eigenvalue weighted by Crippen LogP contribution is 2.32. The molecule has 29 heavy (non-hydrogen) atoms. The van der Waals surface area contributed by atoms with Gasteiger partial charge in [-0.2, -0.15) is 13.2 Å². The Kier molecular flexibility index (Phi) is 4.89. The van der Waals surface area contributed by atoms with Crippen LogP contribution in [0.15, 0.2) is 36.4 Å². The van der Waals surface area contributed by atoms with Gasteiger partial charge in [0.15, 0.2) is 10.9 Å². The van der Waals surface area contributed by atoms with Crippen molar-refractivity contribution in [1.29, 1.82) is 0 Å². The lowest BCUT2D eigenvalue weighted by atomic mass is 10.1. The van der Waals surface area contributed by atoms with Gasteiger partial charge >= 0.3 is 6.18 Å².